The maximum atomic E-state index is 12.8. The minimum Gasteiger partial charge on any atom is -0.469 e. The Morgan fingerprint density at radius 2 is 1.56 bits per heavy atom. The van der Waals surface area contributed by atoms with Gasteiger partial charge in [-0.3, -0.25) is 29.8 Å². The molecule has 0 aromatic heterocycles. The molecule has 0 aliphatic rings. The highest BCUT2D eigenvalue weighted by atomic mass is 16.6. The van der Waals surface area contributed by atoms with Crippen LogP contribution in [0.25, 0.3) is 0 Å². The van der Waals surface area contributed by atoms with Gasteiger partial charge in [0.2, 0.25) is 0 Å². The molecule has 0 fully saturated rings. The number of nitro benzene ring substituents is 2. The van der Waals surface area contributed by atoms with Crippen molar-refractivity contribution in [3.05, 3.63) is 44.0 Å². The van der Waals surface area contributed by atoms with Gasteiger partial charge >= 0.3 is 5.97 Å². The number of esters is 1. The first-order valence-corrected chi connectivity index (χ1v) is 8.10. The molecule has 1 aromatic rings. The van der Waals surface area contributed by atoms with Crippen LogP contribution in [-0.4, -0.2) is 72.4 Å². The number of nitro groups is 2. The van der Waals surface area contributed by atoms with Crippen LogP contribution in [0.15, 0.2) is 18.2 Å². The zero-order chi connectivity index (χ0) is 20.6. The predicted octanol–water partition coefficient (Wildman–Crippen LogP) is 1.46. The van der Waals surface area contributed by atoms with E-state index in [0.29, 0.717) is 13.0 Å². The average Bonchev–Trinajstić information content (AvgIpc) is 2.62. The van der Waals surface area contributed by atoms with Crippen molar-refractivity contribution in [1.29, 1.82) is 0 Å². The number of carbonyl (C=O) groups excluding carboxylic acids is 2. The smallest absolute Gasteiger partial charge is 0.307 e. The first-order valence-electron chi connectivity index (χ1n) is 8.10. The lowest BCUT2D eigenvalue weighted by Crippen LogP contribution is -2.35. The zero-order valence-electron chi connectivity index (χ0n) is 15.4. The standard InChI is InChI=1S/C16H22N4O7/c1-17(2)6-4-7-18(8-5-15(21)27-3)16(22)12-9-13(19(23)24)11-14(10-12)20(25)26/h9-11H,4-8H2,1-3H3. The van der Waals surface area contributed by atoms with Crippen molar-refractivity contribution >= 4 is 23.3 Å². The van der Waals surface area contributed by atoms with Crippen LogP contribution in [0.1, 0.15) is 23.2 Å². The normalized spacial score (nSPS) is 10.5. The fourth-order valence-electron chi connectivity index (χ4n) is 2.33. The van der Waals surface area contributed by atoms with Gasteiger partial charge in [0.1, 0.15) is 0 Å². The number of amides is 1. The van der Waals surface area contributed by atoms with Crippen LogP contribution in [-0.2, 0) is 9.53 Å². The van der Waals surface area contributed by atoms with E-state index in [9.17, 15) is 29.8 Å². The number of rotatable bonds is 10. The molecule has 27 heavy (non-hydrogen) atoms. The summed E-state index contributed by atoms with van der Waals surface area (Å²) in [6, 6.07) is 2.78. The lowest BCUT2D eigenvalue weighted by atomic mass is 10.1. The van der Waals surface area contributed by atoms with Crippen LogP contribution in [0.3, 0.4) is 0 Å². The summed E-state index contributed by atoms with van der Waals surface area (Å²) < 4.78 is 4.57. The van der Waals surface area contributed by atoms with Gasteiger partial charge in [0.05, 0.1) is 35.0 Å². The minimum absolute atomic E-state index is 0.0371. The molecule has 0 heterocycles. The summed E-state index contributed by atoms with van der Waals surface area (Å²) in [6.45, 7) is 0.997. The molecule has 0 spiro atoms. The molecular weight excluding hydrogens is 360 g/mol. The summed E-state index contributed by atoms with van der Waals surface area (Å²) in [5.74, 6) is -1.13. The first-order chi connectivity index (χ1) is 12.6. The Hall–Kier alpha value is -3.08. The van der Waals surface area contributed by atoms with E-state index in [1.807, 2.05) is 19.0 Å². The van der Waals surface area contributed by atoms with Crippen molar-refractivity contribution in [2.24, 2.45) is 0 Å². The number of hydrogen-bond acceptors (Lipinski definition) is 8. The molecule has 0 N–H and O–H groups in total. The van der Waals surface area contributed by atoms with Crippen molar-refractivity contribution in [2.75, 3.05) is 40.8 Å². The summed E-state index contributed by atoms with van der Waals surface area (Å²) in [7, 11) is 4.96. The molecule has 0 aliphatic carbocycles. The molecule has 1 aromatic carbocycles. The van der Waals surface area contributed by atoms with Gasteiger partial charge in [-0.1, -0.05) is 0 Å². The lowest BCUT2D eigenvalue weighted by molar-refractivity contribution is -0.394. The van der Waals surface area contributed by atoms with Crippen LogP contribution in [0, 0.1) is 20.2 Å². The van der Waals surface area contributed by atoms with Crippen molar-refractivity contribution in [2.45, 2.75) is 12.8 Å². The SMILES string of the molecule is COC(=O)CCN(CCCN(C)C)C(=O)c1cc([N+](=O)[O-])cc([N+](=O)[O-])c1. The topological polar surface area (TPSA) is 136 Å². The van der Waals surface area contributed by atoms with Crippen LogP contribution in [0.4, 0.5) is 11.4 Å². The molecule has 1 rings (SSSR count). The molecule has 0 atom stereocenters. The maximum Gasteiger partial charge on any atom is 0.307 e. The van der Waals surface area contributed by atoms with Gasteiger partial charge in [0.15, 0.2) is 0 Å². The summed E-state index contributed by atoms with van der Waals surface area (Å²) in [6.07, 6.45) is 0.540. The Morgan fingerprint density at radius 1 is 1.00 bits per heavy atom. The second-order valence-corrected chi connectivity index (χ2v) is 6.03. The Bertz CT molecular complexity index is 688. The van der Waals surface area contributed by atoms with Gasteiger partial charge in [-0.15, -0.1) is 0 Å². The quantitative estimate of drug-likeness (QED) is 0.337. The number of hydrogen-bond donors (Lipinski definition) is 0. The Labute approximate surface area is 155 Å². The van der Waals surface area contributed by atoms with E-state index in [1.165, 1.54) is 12.0 Å². The third-order valence-electron chi connectivity index (χ3n) is 3.71. The molecule has 0 unspecified atom stereocenters. The molecule has 0 saturated heterocycles. The van der Waals surface area contributed by atoms with Crippen LogP contribution >= 0.6 is 0 Å². The number of methoxy groups -OCH3 is 1. The Kier molecular flexibility index (Phi) is 8.27. The average molecular weight is 382 g/mol. The van der Waals surface area contributed by atoms with Gasteiger partial charge in [-0.2, -0.15) is 0 Å². The largest absolute Gasteiger partial charge is 0.469 e. The summed E-state index contributed by atoms with van der Waals surface area (Å²) in [5.41, 5.74) is -1.27. The van der Waals surface area contributed by atoms with Crippen molar-refractivity contribution < 1.29 is 24.2 Å². The minimum atomic E-state index is -0.797. The molecule has 0 aliphatic heterocycles. The number of carbonyl (C=O) groups is 2. The van der Waals surface area contributed by atoms with Crippen LogP contribution in [0.5, 0.6) is 0 Å². The highest BCUT2D eigenvalue weighted by Gasteiger charge is 2.23. The second kappa shape index (κ2) is 10.2. The van der Waals surface area contributed by atoms with E-state index in [4.69, 9.17) is 0 Å². The van der Waals surface area contributed by atoms with Gasteiger partial charge in [-0.25, -0.2) is 0 Å². The molecule has 0 saturated carbocycles. The van der Waals surface area contributed by atoms with Gasteiger partial charge in [-0.05, 0) is 27.1 Å². The summed E-state index contributed by atoms with van der Waals surface area (Å²) in [4.78, 5) is 47.9. The lowest BCUT2D eigenvalue weighted by Gasteiger charge is -2.23. The van der Waals surface area contributed by atoms with E-state index in [0.717, 1.165) is 18.2 Å². The Morgan fingerprint density at radius 3 is 2.00 bits per heavy atom. The van der Waals surface area contributed by atoms with E-state index in [2.05, 4.69) is 4.74 Å². The predicted molar refractivity (Wildman–Crippen MR) is 95.5 cm³/mol. The Balaban J connectivity index is 3.12. The first kappa shape index (κ1) is 22.0. The number of benzene rings is 1. The van der Waals surface area contributed by atoms with Gasteiger partial charge < -0.3 is 14.5 Å². The second-order valence-electron chi connectivity index (χ2n) is 6.03. The maximum absolute atomic E-state index is 12.8. The van der Waals surface area contributed by atoms with Crippen molar-refractivity contribution in [1.82, 2.24) is 9.80 Å². The molecule has 148 valence electrons. The van der Waals surface area contributed by atoms with E-state index in [1.54, 1.807) is 0 Å². The molecule has 11 nitrogen and oxygen atoms in total. The van der Waals surface area contributed by atoms with Gasteiger partial charge in [0.25, 0.3) is 17.3 Å². The van der Waals surface area contributed by atoms with Crippen LogP contribution in [0.2, 0.25) is 0 Å². The molecule has 0 bridgehead atoms. The van der Waals surface area contributed by atoms with Crippen molar-refractivity contribution in [3.63, 3.8) is 0 Å². The molecular formula is C16H22N4O7. The third-order valence-corrected chi connectivity index (χ3v) is 3.71. The number of nitrogens with zero attached hydrogens (tertiary/aromatic N) is 4. The highest BCUT2D eigenvalue weighted by molar-refractivity contribution is 5.95. The third kappa shape index (κ3) is 6.98. The fraction of sp³-hybridized carbons (Fsp3) is 0.500. The number of non-ortho nitro benzene ring substituents is 2. The molecule has 11 heteroatoms. The molecule has 1 amide bonds. The highest BCUT2D eigenvalue weighted by Crippen LogP contribution is 2.23. The fourth-order valence-corrected chi connectivity index (χ4v) is 2.33. The monoisotopic (exact) mass is 382 g/mol. The van der Waals surface area contributed by atoms with E-state index < -0.39 is 33.1 Å². The zero-order valence-corrected chi connectivity index (χ0v) is 15.4. The van der Waals surface area contributed by atoms with E-state index in [-0.39, 0.29) is 25.1 Å². The summed E-state index contributed by atoms with van der Waals surface area (Å²) >= 11 is 0. The molecule has 0 radical (unpaired) electrons. The van der Waals surface area contributed by atoms with Gasteiger partial charge in [0, 0.05) is 25.2 Å². The van der Waals surface area contributed by atoms with E-state index >= 15 is 0 Å². The number of ether oxygens (including phenoxy) is 1. The van der Waals surface area contributed by atoms with Crippen LogP contribution < -0.4 is 0 Å². The summed E-state index contributed by atoms with van der Waals surface area (Å²) in [5, 5.41) is 22.0. The van der Waals surface area contributed by atoms with Crippen molar-refractivity contribution in [3.8, 4) is 0 Å².